The molecule has 1 fully saturated rings. The third kappa shape index (κ3) is 5.05. The zero-order valence-corrected chi connectivity index (χ0v) is 13.8. The minimum atomic E-state index is 0.452. The number of hydrogen-bond donors (Lipinski definition) is 1. The predicted molar refractivity (Wildman–Crippen MR) is 84.7 cm³/mol. The van der Waals surface area contributed by atoms with Gasteiger partial charge in [-0.25, -0.2) is 0 Å². The molecule has 1 atom stereocenters. The van der Waals surface area contributed by atoms with Gasteiger partial charge in [-0.1, -0.05) is 20.8 Å². The van der Waals surface area contributed by atoms with Crippen LogP contribution in [0, 0.1) is 5.41 Å². The molecule has 1 heterocycles. The minimum Gasteiger partial charge on any atom is -0.316 e. The second-order valence-electron chi connectivity index (χ2n) is 6.42. The van der Waals surface area contributed by atoms with Crippen molar-refractivity contribution in [2.45, 2.75) is 53.0 Å². The molecule has 0 spiro atoms. The van der Waals surface area contributed by atoms with E-state index in [0.717, 1.165) is 13.1 Å². The lowest BCUT2D eigenvalue weighted by atomic mass is 9.81. The van der Waals surface area contributed by atoms with Crippen LogP contribution in [0.2, 0.25) is 0 Å². The molecule has 114 valence electrons. The van der Waals surface area contributed by atoms with Crippen LogP contribution in [-0.4, -0.2) is 62.2 Å². The van der Waals surface area contributed by atoms with Crippen molar-refractivity contribution >= 4 is 0 Å². The number of hydrogen-bond acceptors (Lipinski definition) is 3. The molecule has 1 aliphatic rings. The number of likely N-dealkylation sites (N-methyl/N-ethyl adjacent to an activating group) is 1. The lowest BCUT2D eigenvalue weighted by molar-refractivity contribution is 0.105. The van der Waals surface area contributed by atoms with Gasteiger partial charge in [-0.15, -0.1) is 0 Å². The van der Waals surface area contributed by atoms with Gasteiger partial charge in [-0.2, -0.15) is 0 Å². The van der Waals surface area contributed by atoms with Crippen LogP contribution in [0.4, 0.5) is 0 Å². The first-order chi connectivity index (χ1) is 9.06. The fraction of sp³-hybridized carbons (Fsp3) is 1.00. The first-order valence-corrected chi connectivity index (χ1v) is 8.20. The van der Waals surface area contributed by atoms with Crippen molar-refractivity contribution in [3.05, 3.63) is 0 Å². The highest BCUT2D eigenvalue weighted by atomic mass is 15.2. The van der Waals surface area contributed by atoms with E-state index < -0.39 is 0 Å². The molecule has 1 unspecified atom stereocenters. The van der Waals surface area contributed by atoms with Gasteiger partial charge in [0.2, 0.25) is 0 Å². The van der Waals surface area contributed by atoms with Crippen molar-refractivity contribution in [3.63, 3.8) is 0 Å². The molecule has 0 aromatic heterocycles. The average molecular weight is 269 g/mol. The van der Waals surface area contributed by atoms with Gasteiger partial charge in [-0.3, -0.25) is 4.90 Å². The number of nitrogens with zero attached hydrogens (tertiary/aromatic N) is 2. The summed E-state index contributed by atoms with van der Waals surface area (Å²) in [5.41, 5.74) is 0.452. The minimum absolute atomic E-state index is 0.452. The molecule has 1 saturated heterocycles. The monoisotopic (exact) mass is 269 g/mol. The summed E-state index contributed by atoms with van der Waals surface area (Å²) in [5.74, 6) is 0. The fourth-order valence-electron chi connectivity index (χ4n) is 3.26. The molecule has 0 aromatic carbocycles. The van der Waals surface area contributed by atoms with Gasteiger partial charge >= 0.3 is 0 Å². The lowest BCUT2D eigenvalue weighted by Gasteiger charge is -2.39. The Morgan fingerprint density at radius 3 is 2.42 bits per heavy atom. The van der Waals surface area contributed by atoms with E-state index in [1.165, 1.54) is 45.4 Å². The van der Waals surface area contributed by atoms with E-state index in [9.17, 15) is 0 Å². The molecule has 0 bridgehead atoms. The number of rotatable bonds is 7. The molecule has 0 amide bonds. The molecule has 0 radical (unpaired) electrons. The Morgan fingerprint density at radius 1 is 1.16 bits per heavy atom. The Balaban J connectivity index is 2.65. The maximum atomic E-state index is 3.58. The first kappa shape index (κ1) is 16.9. The Bertz CT molecular complexity index is 238. The molecule has 1 rings (SSSR count). The molecule has 1 aliphatic heterocycles. The Morgan fingerprint density at radius 2 is 1.84 bits per heavy atom. The summed E-state index contributed by atoms with van der Waals surface area (Å²) in [5, 5.41) is 3.58. The summed E-state index contributed by atoms with van der Waals surface area (Å²) < 4.78 is 0. The quantitative estimate of drug-likeness (QED) is 0.766. The van der Waals surface area contributed by atoms with Crippen molar-refractivity contribution in [1.29, 1.82) is 0 Å². The topological polar surface area (TPSA) is 18.5 Å². The van der Waals surface area contributed by atoms with Gasteiger partial charge in [0.25, 0.3) is 0 Å². The van der Waals surface area contributed by atoms with E-state index in [1.54, 1.807) is 0 Å². The summed E-state index contributed by atoms with van der Waals surface area (Å²) in [4.78, 5) is 5.21. The fourth-order valence-corrected chi connectivity index (χ4v) is 3.26. The lowest BCUT2D eigenvalue weighted by Crippen LogP contribution is -2.48. The smallest absolute Gasteiger partial charge is 0.0195 e. The highest BCUT2D eigenvalue weighted by molar-refractivity contribution is 4.86. The Kier molecular flexibility index (Phi) is 7.33. The van der Waals surface area contributed by atoms with Gasteiger partial charge < -0.3 is 10.2 Å². The van der Waals surface area contributed by atoms with Crippen LogP contribution >= 0.6 is 0 Å². The van der Waals surface area contributed by atoms with E-state index in [1.807, 2.05) is 0 Å². The van der Waals surface area contributed by atoms with Crippen molar-refractivity contribution in [1.82, 2.24) is 15.1 Å². The van der Waals surface area contributed by atoms with Crippen molar-refractivity contribution in [3.8, 4) is 0 Å². The highest BCUT2D eigenvalue weighted by Gasteiger charge is 2.31. The van der Waals surface area contributed by atoms with E-state index >= 15 is 0 Å². The highest BCUT2D eigenvalue weighted by Crippen LogP contribution is 2.28. The predicted octanol–water partition coefficient (Wildman–Crippen LogP) is 2.43. The van der Waals surface area contributed by atoms with E-state index in [0.29, 0.717) is 11.5 Å². The van der Waals surface area contributed by atoms with Gasteiger partial charge in [-0.05, 0) is 58.3 Å². The van der Waals surface area contributed by atoms with Gasteiger partial charge in [0.05, 0.1) is 0 Å². The third-order valence-corrected chi connectivity index (χ3v) is 4.97. The zero-order valence-electron chi connectivity index (χ0n) is 13.8. The van der Waals surface area contributed by atoms with Crippen LogP contribution in [0.15, 0.2) is 0 Å². The van der Waals surface area contributed by atoms with Crippen LogP contribution < -0.4 is 5.32 Å². The largest absolute Gasteiger partial charge is 0.316 e. The summed E-state index contributed by atoms with van der Waals surface area (Å²) in [6.45, 7) is 16.5. The van der Waals surface area contributed by atoms with Gasteiger partial charge in [0.1, 0.15) is 0 Å². The number of nitrogens with one attached hydrogen (secondary N) is 1. The van der Waals surface area contributed by atoms with Crippen molar-refractivity contribution in [2.24, 2.45) is 5.41 Å². The summed E-state index contributed by atoms with van der Waals surface area (Å²) in [7, 11) is 2.26. The Labute approximate surface area is 120 Å². The normalized spacial score (nSPS) is 23.5. The maximum Gasteiger partial charge on any atom is 0.0195 e. The summed E-state index contributed by atoms with van der Waals surface area (Å²) >= 11 is 0. The molecule has 1 N–H and O–H groups in total. The molecule has 3 nitrogen and oxygen atoms in total. The summed E-state index contributed by atoms with van der Waals surface area (Å²) in [6, 6.07) is 0.687. The Hall–Kier alpha value is -0.120. The molecule has 0 saturated carbocycles. The van der Waals surface area contributed by atoms with Crippen LogP contribution in [0.3, 0.4) is 0 Å². The third-order valence-electron chi connectivity index (χ3n) is 4.97. The summed E-state index contributed by atoms with van der Waals surface area (Å²) in [6.07, 6.45) is 3.86. The molecule has 3 heteroatoms. The van der Waals surface area contributed by atoms with E-state index in [2.05, 4.69) is 49.9 Å². The van der Waals surface area contributed by atoms with E-state index in [4.69, 9.17) is 0 Å². The van der Waals surface area contributed by atoms with Gasteiger partial charge in [0, 0.05) is 25.7 Å². The van der Waals surface area contributed by atoms with Crippen molar-refractivity contribution in [2.75, 3.05) is 46.3 Å². The first-order valence-electron chi connectivity index (χ1n) is 8.20. The molecule has 19 heavy (non-hydrogen) atoms. The molecule has 0 aromatic rings. The SMILES string of the molecule is CCNCC(CC)(CC)CN1CCCN(C)CC1C. The van der Waals surface area contributed by atoms with Crippen LogP contribution in [-0.2, 0) is 0 Å². The molecular formula is C16H35N3. The van der Waals surface area contributed by atoms with Crippen LogP contribution in [0.25, 0.3) is 0 Å². The van der Waals surface area contributed by atoms with Crippen molar-refractivity contribution < 1.29 is 0 Å². The zero-order chi connectivity index (χ0) is 14.3. The second-order valence-corrected chi connectivity index (χ2v) is 6.42. The molecule has 0 aliphatic carbocycles. The van der Waals surface area contributed by atoms with E-state index in [-0.39, 0.29) is 0 Å². The standard InChI is InChI=1S/C16H35N3/c1-6-16(7-2,13-17-8-3)14-19-11-9-10-18(5)12-15(19)4/h15,17H,6-14H2,1-5H3. The average Bonchev–Trinajstić information content (AvgIpc) is 2.56. The molecular weight excluding hydrogens is 234 g/mol. The van der Waals surface area contributed by atoms with Crippen LogP contribution in [0.1, 0.15) is 47.0 Å². The van der Waals surface area contributed by atoms with Gasteiger partial charge in [0.15, 0.2) is 0 Å². The van der Waals surface area contributed by atoms with Crippen LogP contribution in [0.5, 0.6) is 0 Å². The maximum absolute atomic E-state index is 3.58. The second kappa shape index (κ2) is 8.23.